The normalized spacial score (nSPS) is 10.8. The summed E-state index contributed by atoms with van der Waals surface area (Å²) in [5, 5.41) is 1.83. The maximum absolute atomic E-state index is 11.6. The molecule has 0 amide bonds. The van der Waals surface area contributed by atoms with Crippen LogP contribution >= 0.6 is 23.2 Å². The van der Waals surface area contributed by atoms with Gasteiger partial charge in [0.25, 0.3) is 0 Å². The minimum atomic E-state index is -0.412. The molecule has 1 N–H and O–H groups in total. The summed E-state index contributed by atoms with van der Waals surface area (Å²) in [7, 11) is 1.55. The fourth-order valence-electron chi connectivity index (χ4n) is 2.40. The summed E-state index contributed by atoms with van der Waals surface area (Å²) < 4.78 is 11.2. The molecule has 0 saturated heterocycles. The lowest BCUT2D eigenvalue weighted by atomic mass is 10.1. The Hall–Kier alpha value is -2.24. The van der Waals surface area contributed by atoms with Crippen LogP contribution in [0.25, 0.3) is 10.9 Å². The van der Waals surface area contributed by atoms with E-state index in [2.05, 4.69) is 9.97 Å². The van der Waals surface area contributed by atoms with Crippen LogP contribution in [0.3, 0.4) is 0 Å². The third kappa shape index (κ3) is 3.18. The van der Waals surface area contributed by atoms with Gasteiger partial charge in [0, 0.05) is 32.8 Å². The first kappa shape index (κ1) is 16.6. The lowest BCUT2D eigenvalue weighted by molar-refractivity contribution is 0.285. The molecular formula is C17H14Cl2N2O3. The van der Waals surface area contributed by atoms with Gasteiger partial charge in [-0.3, -0.25) is 0 Å². The maximum atomic E-state index is 11.6. The first-order valence-electron chi connectivity index (χ1n) is 7.14. The Bertz CT molecular complexity index is 950. The van der Waals surface area contributed by atoms with Gasteiger partial charge >= 0.3 is 5.69 Å². The van der Waals surface area contributed by atoms with Gasteiger partial charge in [-0.05, 0) is 25.1 Å². The average Bonchev–Trinajstić information content (AvgIpc) is 2.53. The molecule has 1 heterocycles. The maximum Gasteiger partial charge on any atom is 0.345 e. The standard InChI is InChI=1S/C17H14Cl2N2O3/c1-9-10-6-15(23-2)16(7-14(10)21-17(22)20-9)24-8-11-12(18)4-3-5-13(11)19/h3-7H,8H2,1-2H3,(H,20,21,22). The molecule has 0 saturated carbocycles. The molecule has 0 radical (unpaired) electrons. The Labute approximate surface area is 148 Å². The van der Waals surface area contributed by atoms with Crippen molar-refractivity contribution in [2.75, 3.05) is 7.11 Å². The zero-order valence-corrected chi connectivity index (χ0v) is 14.5. The van der Waals surface area contributed by atoms with E-state index in [1.807, 2.05) is 0 Å². The molecule has 0 unspecified atom stereocenters. The lowest BCUT2D eigenvalue weighted by Gasteiger charge is -2.13. The number of nitrogens with one attached hydrogen (secondary N) is 1. The first-order chi connectivity index (χ1) is 11.5. The second-order valence-electron chi connectivity index (χ2n) is 5.18. The quantitative estimate of drug-likeness (QED) is 0.755. The predicted octanol–water partition coefficient (Wildman–Crippen LogP) is 4.13. The van der Waals surface area contributed by atoms with E-state index in [1.54, 1.807) is 44.4 Å². The van der Waals surface area contributed by atoms with Crippen LogP contribution < -0.4 is 15.2 Å². The third-order valence-electron chi connectivity index (χ3n) is 3.64. The van der Waals surface area contributed by atoms with Crippen LogP contribution in [0.2, 0.25) is 10.0 Å². The van der Waals surface area contributed by atoms with E-state index in [4.69, 9.17) is 32.7 Å². The van der Waals surface area contributed by atoms with Crippen LogP contribution in [-0.2, 0) is 6.61 Å². The van der Waals surface area contributed by atoms with Crippen molar-refractivity contribution in [3.05, 3.63) is 62.1 Å². The second kappa shape index (κ2) is 6.71. The number of methoxy groups -OCH3 is 1. The van der Waals surface area contributed by atoms with Crippen LogP contribution in [0.4, 0.5) is 0 Å². The largest absolute Gasteiger partial charge is 0.493 e. The number of benzene rings is 2. The summed E-state index contributed by atoms with van der Waals surface area (Å²) in [5.41, 5.74) is 1.50. The molecule has 5 nitrogen and oxygen atoms in total. The van der Waals surface area contributed by atoms with Crippen LogP contribution in [0.15, 0.2) is 35.1 Å². The number of hydrogen-bond donors (Lipinski definition) is 1. The van der Waals surface area contributed by atoms with Gasteiger partial charge in [0.15, 0.2) is 11.5 Å². The number of aryl methyl sites for hydroxylation is 1. The van der Waals surface area contributed by atoms with Crippen LogP contribution in [-0.4, -0.2) is 17.1 Å². The molecule has 2 aromatic carbocycles. The van der Waals surface area contributed by atoms with Crippen molar-refractivity contribution >= 4 is 34.1 Å². The Kier molecular flexibility index (Phi) is 4.64. The molecule has 24 heavy (non-hydrogen) atoms. The minimum absolute atomic E-state index is 0.169. The molecule has 0 aliphatic rings. The van der Waals surface area contributed by atoms with Gasteiger partial charge < -0.3 is 14.5 Å². The Balaban J connectivity index is 2.01. The van der Waals surface area contributed by atoms with Crippen molar-refractivity contribution in [1.29, 1.82) is 0 Å². The highest BCUT2D eigenvalue weighted by Crippen LogP contribution is 2.34. The van der Waals surface area contributed by atoms with Crippen LogP contribution in [0.5, 0.6) is 11.5 Å². The van der Waals surface area contributed by atoms with E-state index in [9.17, 15) is 4.79 Å². The fourth-order valence-corrected chi connectivity index (χ4v) is 2.91. The predicted molar refractivity (Wildman–Crippen MR) is 94.4 cm³/mol. The highest BCUT2D eigenvalue weighted by molar-refractivity contribution is 6.35. The van der Waals surface area contributed by atoms with Crippen molar-refractivity contribution in [3.63, 3.8) is 0 Å². The molecule has 0 spiro atoms. The van der Waals surface area contributed by atoms with E-state index in [0.29, 0.717) is 38.3 Å². The molecule has 7 heteroatoms. The van der Waals surface area contributed by atoms with E-state index in [-0.39, 0.29) is 6.61 Å². The monoisotopic (exact) mass is 364 g/mol. The van der Waals surface area contributed by atoms with Crippen LogP contribution in [0.1, 0.15) is 11.3 Å². The van der Waals surface area contributed by atoms with Crippen molar-refractivity contribution in [1.82, 2.24) is 9.97 Å². The lowest BCUT2D eigenvalue weighted by Crippen LogP contribution is -2.11. The molecule has 0 atom stereocenters. The molecular weight excluding hydrogens is 351 g/mol. The van der Waals surface area contributed by atoms with Gasteiger partial charge in [-0.15, -0.1) is 0 Å². The minimum Gasteiger partial charge on any atom is -0.493 e. The summed E-state index contributed by atoms with van der Waals surface area (Å²) in [6, 6.07) is 8.70. The van der Waals surface area contributed by atoms with Gasteiger partial charge in [-0.1, -0.05) is 29.3 Å². The zero-order valence-electron chi connectivity index (χ0n) is 13.0. The number of fused-ring (bicyclic) bond motifs is 1. The topological polar surface area (TPSA) is 64.2 Å². The third-order valence-corrected chi connectivity index (χ3v) is 4.34. The van der Waals surface area contributed by atoms with Crippen LogP contribution in [0, 0.1) is 6.92 Å². The summed E-state index contributed by atoms with van der Waals surface area (Å²) >= 11 is 12.3. The summed E-state index contributed by atoms with van der Waals surface area (Å²) in [6.45, 7) is 1.97. The molecule has 0 fully saturated rings. The van der Waals surface area contributed by atoms with E-state index < -0.39 is 5.69 Å². The Morgan fingerprint density at radius 2 is 1.88 bits per heavy atom. The summed E-state index contributed by atoms with van der Waals surface area (Å²) in [6.07, 6.45) is 0. The number of aromatic amines is 1. The Morgan fingerprint density at radius 3 is 2.54 bits per heavy atom. The summed E-state index contributed by atoms with van der Waals surface area (Å²) in [5.74, 6) is 0.987. The Morgan fingerprint density at radius 1 is 1.17 bits per heavy atom. The van der Waals surface area contributed by atoms with Gasteiger partial charge in [0.1, 0.15) is 6.61 Å². The van der Waals surface area contributed by atoms with Gasteiger partial charge in [-0.25, -0.2) is 4.79 Å². The molecule has 3 aromatic rings. The molecule has 0 aliphatic heterocycles. The van der Waals surface area contributed by atoms with Gasteiger partial charge in [0.2, 0.25) is 0 Å². The highest BCUT2D eigenvalue weighted by atomic mass is 35.5. The highest BCUT2D eigenvalue weighted by Gasteiger charge is 2.12. The summed E-state index contributed by atoms with van der Waals surface area (Å²) in [4.78, 5) is 18.2. The number of aromatic nitrogens is 2. The van der Waals surface area contributed by atoms with Crippen molar-refractivity contribution in [2.24, 2.45) is 0 Å². The average molecular weight is 365 g/mol. The SMILES string of the molecule is COc1cc2c(C)[nH]c(=O)nc2cc1OCc1c(Cl)cccc1Cl. The smallest absolute Gasteiger partial charge is 0.345 e. The number of rotatable bonds is 4. The molecule has 0 aliphatic carbocycles. The van der Waals surface area contributed by atoms with Crippen molar-refractivity contribution < 1.29 is 9.47 Å². The number of nitrogens with zero attached hydrogens (tertiary/aromatic N) is 1. The van der Waals surface area contributed by atoms with E-state index >= 15 is 0 Å². The number of hydrogen-bond acceptors (Lipinski definition) is 4. The van der Waals surface area contributed by atoms with Gasteiger partial charge in [-0.2, -0.15) is 4.98 Å². The molecule has 0 bridgehead atoms. The van der Waals surface area contributed by atoms with Gasteiger partial charge in [0.05, 0.1) is 12.6 Å². The number of ether oxygens (including phenoxy) is 2. The van der Waals surface area contributed by atoms with E-state index in [0.717, 1.165) is 5.39 Å². The molecule has 1 aromatic heterocycles. The first-order valence-corrected chi connectivity index (χ1v) is 7.89. The zero-order chi connectivity index (χ0) is 17.3. The number of halogens is 2. The molecule has 124 valence electrons. The van der Waals surface area contributed by atoms with Crippen molar-refractivity contribution in [3.8, 4) is 11.5 Å². The molecule has 3 rings (SSSR count). The van der Waals surface area contributed by atoms with Crippen molar-refractivity contribution in [2.45, 2.75) is 13.5 Å². The van der Waals surface area contributed by atoms with E-state index in [1.165, 1.54) is 0 Å². The second-order valence-corrected chi connectivity index (χ2v) is 5.99. The fraction of sp³-hybridized carbons (Fsp3) is 0.176. The number of H-pyrrole nitrogens is 1.